The summed E-state index contributed by atoms with van der Waals surface area (Å²) in [6.45, 7) is -6.07. The number of primary amides is 2. The lowest BCUT2D eigenvalue weighted by Gasteiger charge is -2.12. The number of amides is 2. The monoisotopic (exact) mass is 1090 g/mol. The van der Waals surface area contributed by atoms with E-state index < -0.39 is 62.3 Å². The zero-order chi connectivity index (χ0) is 56.1. The molecule has 76 heavy (non-hydrogen) atoms. The zero-order valence-electron chi connectivity index (χ0n) is 39.2. The summed E-state index contributed by atoms with van der Waals surface area (Å²) in [4.78, 5) is 21.9. The minimum Gasteiger partial charge on any atom is -0.508 e. The molecule has 0 unspecified atom stereocenters. The second-order valence-corrected chi connectivity index (χ2v) is 19.3. The van der Waals surface area contributed by atoms with Gasteiger partial charge in [-0.25, -0.2) is 30.8 Å². The largest absolute Gasteiger partial charge is 0.508 e. The van der Waals surface area contributed by atoms with Crippen LogP contribution in [0.1, 0.15) is 20.7 Å². The molecule has 0 saturated heterocycles. The number of phenolic OH excluding ortho intramolecular Hbond substituents is 4. The molecular weight excluding hydrogens is 1050 g/mol. The number of aromatic hydroxyl groups is 4. The second kappa shape index (κ2) is 25.3. The van der Waals surface area contributed by atoms with Gasteiger partial charge in [0.15, 0.2) is 21.4 Å². The quantitative estimate of drug-likeness (QED) is 0.0563. The van der Waals surface area contributed by atoms with Crippen molar-refractivity contribution in [3.63, 3.8) is 0 Å². The molecule has 396 valence electrons. The second-order valence-electron chi connectivity index (χ2n) is 15.7. The van der Waals surface area contributed by atoms with E-state index in [0.29, 0.717) is 33.4 Å². The first-order valence-electron chi connectivity index (χ1n) is 21.5. The van der Waals surface area contributed by atoms with Crippen molar-refractivity contribution in [1.29, 1.82) is 0 Å². The number of rotatable bonds is 12. The molecule has 0 heterocycles. The van der Waals surface area contributed by atoms with Crippen LogP contribution < -0.4 is 26.1 Å². The predicted molar refractivity (Wildman–Crippen MR) is 269 cm³/mol. The lowest BCUT2D eigenvalue weighted by molar-refractivity contribution is -0.0501. The maximum atomic E-state index is 13.7. The Morgan fingerprint density at radius 1 is 0.474 bits per heavy atom. The summed E-state index contributed by atoms with van der Waals surface area (Å²) < 4.78 is 131. The predicted octanol–water partition coefficient (Wildman–Crippen LogP) is 9.97. The summed E-state index contributed by atoms with van der Waals surface area (Å²) in [5.41, 5.74) is 13.7. The third-order valence-corrected chi connectivity index (χ3v) is 12.2. The van der Waals surface area contributed by atoms with Gasteiger partial charge in [-0.05, 0) is 131 Å². The molecule has 0 spiro atoms. The normalized spacial score (nSPS) is 11.0. The molecule has 0 aliphatic heterocycles. The highest BCUT2D eigenvalue weighted by Gasteiger charge is 2.17. The molecule has 8 aromatic rings. The molecule has 8 rings (SSSR count). The first kappa shape index (κ1) is 57.8. The third kappa shape index (κ3) is 16.5. The molecule has 0 aliphatic carbocycles. The SMILES string of the molecule is CS(=O)(=O)c1cccc(-c2cc(O)ccc2OC(F)F)c1.NC(=O)c1cccc(-c2cc(O)cc(F)c2)c1.NC(=O)c1cccc(-c2cccc(O)c2F)c1.NS(=O)(=O)c1cccc(-c2cc(O)ccc2OC(F)F)c1. The lowest BCUT2D eigenvalue weighted by Crippen LogP contribution is -2.12. The number of alkyl halides is 4. The van der Waals surface area contributed by atoms with Gasteiger partial charge in [-0.15, -0.1) is 0 Å². The van der Waals surface area contributed by atoms with Gasteiger partial charge in [0, 0.05) is 40.1 Å². The van der Waals surface area contributed by atoms with Crippen LogP contribution in [0, 0.1) is 11.6 Å². The topological polar surface area (TPSA) is 280 Å². The highest BCUT2D eigenvalue weighted by atomic mass is 32.2. The van der Waals surface area contributed by atoms with E-state index in [1.54, 1.807) is 48.5 Å². The number of halogens is 6. The van der Waals surface area contributed by atoms with E-state index in [0.717, 1.165) is 12.3 Å². The van der Waals surface area contributed by atoms with Crippen molar-refractivity contribution in [2.75, 3.05) is 6.26 Å². The Hall–Kier alpha value is -9.06. The Morgan fingerprint density at radius 2 is 0.908 bits per heavy atom. The highest BCUT2D eigenvalue weighted by molar-refractivity contribution is 7.90. The molecular formula is C53H43F6N3O12S2. The van der Waals surface area contributed by atoms with Crippen molar-refractivity contribution in [1.82, 2.24) is 0 Å². The number of primary sulfonamides is 1. The third-order valence-electron chi connectivity index (χ3n) is 10.2. The van der Waals surface area contributed by atoms with Crippen molar-refractivity contribution in [3.05, 3.63) is 193 Å². The summed E-state index contributed by atoms with van der Waals surface area (Å²) in [5.74, 6) is -3.61. The van der Waals surface area contributed by atoms with Crippen LogP contribution in [0.25, 0.3) is 44.5 Å². The Kier molecular flexibility index (Phi) is 19.2. The van der Waals surface area contributed by atoms with E-state index in [-0.39, 0.29) is 60.8 Å². The number of nitrogens with two attached hydrogens (primary N) is 3. The maximum Gasteiger partial charge on any atom is 0.387 e. The number of sulfonamides is 1. The number of carbonyl (C=O) groups is 2. The van der Waals surface area contributed by atoms with Crippen LogP contribution in [-0.2, 0) is 19.9 Å². The van der Waals surface area contributed by atoms with Gasteiger partial charge >= 0.3 is 13.2 Å². The fourth-order valence-electron chi connectivity index (χ4n) is 6.80. The minimum absolute atomic E-state index is 0.0475. The molecule has 0 atom stereocenters. The molecule has 0 aliphatic rings. The Labute approximate surface area is 430 Å². The summed E-state index contributed by atoms with van der Waals surface area (Å²) in [7, 11) is -7.36. The summed E-state index contributed by atoms with van der Waals surface area (Å²) >= 11 is 0. The number of hydrogen-bond donors (Lipinski definition) is 7. The Balaban J connectivity index is 0.000000188. The van der Waals surface area contributed by atoms with E-state index in [2.05, 4.69) is 9.47 Å². The summed E-state index contributed by atoms with van der Waals surface area (Å²) in [5, 5.41) is 42.6. The van der Waals surface area contributed by atoms with Crippen LogP contribution in [-0.4, -0.2) is 68.6 Å². The van der Waals surface area contributed by atoms with Gasteiger partial charge in [0.05, 0.1) is 9.79 Å². The minimum atomic E-state index is -3.93. The fourth-order valence-corrected chi connectivity index (χ4v) is 8.02. The molecule has 15 nitrogen and oxygen atoms in total. The van der Waals surface area contributed by atoms with Crippen LogP contribution in [0.5, 0.6) is 34.5 Å². The van der Waals surface area contributed by atoms with Crippen LogP contribution in [0.2, 0.25) is 0 Å². The number of sulfone groups is 1. The van der Waals surface area contributed by atoms with Crippen molar-refractivity contribution in [3.8, 4) is 79.0 Å². The van der Waals surface area contributed by atoms with Gasteiger partial charge in [0.25, 0.3) is 0 Å². The van der Waals surface area contributed by atoms with Crippen LogP contribution >= 0.6 is 0 Å². The average Bonchev–Trinajstić information content (AvgIpc) is 3.35. The smallest absolute Gasteiger partial charge is 0.387 e. The van der Waals surface area contributed by atoms with Gasteiger partial charge in [-0.3, -0.25) is 9.59 Å². The first-order chi connectivity index (χ1) is 35.7. The van der Waals surface area contributed by atoms with E-state index in [1.165, 1.54) is 115 Å². The molecule has 10 N–H and O–H groups in total. The average molecular weight is 1090 g/mol. The van der Waals surface area contributed by atoms with Gasteiger partial charge in [-0.1, -0.05) is 60.7 Å². The molecule has 2 amide bonds. The van der Waals surface area contributed by atoms with Crippen LogP contribution in [0.4, 0.5) is 26.3 Å². The highest BCUT2D eigenvalue weighted by Crippen LogP contribution is 2.37. The van der Waals surface area contributed by atoms with Crippen LogP contribution in [0.3, 0.4) is 0 Å². The van der Waals surface area contributed by atoms with E-state index in [4.69, 9.17) is 16.6 Å². The van der Waals surface area contributed by atoms with Crippen molar-refractivity contribution < 1.29 is 82.7 Å². The molecule has 23 heteroatoms. The number of benzene rings is 8. The lowest BCUT2D eigenvalue weighted by atomic mass is 10.0. The van der Waals surface area contributed by atoms with Gasteiger partial charge in [0.2, 0.25) is 21.8 Å². The number of phenols is 4. The molecule has 0 aromatic heterocycles. The molecule has 8 aromatic carbocycles. The number of hydrogen-bond acceptors (Lipinski definition) is 12. The van der Waals surface area contributed by atoms with Gasteiger partial charge < -0.3 is 41.4 Å². The van der Waals surface area contributed by atoms with Gasteiger partial charge in [-0.2, -0.15) is 17.6 Å². The molecule has 0 saturated carbocycles. The fraction of sp³-hybridized carbons (Fsp3) is 0.0566. The maximum absolute atomic E-state index is 13.7. The number of ether oxygens (including phenoxy) is 2. The zero-order valence-corrected chi connectivity index (χ0v) is 40.8. The van der Waals surface area contributed by atoms with E-state index in [9.17, 15) is 73.2 Å². The Morgan fingerprint density at radius 3 is 1.37 bits per heavy atom. The van der Waals surface area contributed by atoms with Crippen LogP contribution in [0.15, 0.2) is 180 Å². The molecule has 0 fully saturated rings. The standard InChI is InChI=1S/C14H12F2O4S.C13H11F2NO4S.2C13H10FNO2/c1-21(18,19)11-4-2-3-9(7-11)12-8-10(17)5-6-13(12)20-14(15)16;14-13(15)20-12-5-4-9(17)7-11(12)8-2-1-3-10(6-8)21(16,18)19;14-12-10(5-2-6-11(12)16)8-3-1-4-9(7-8)13(15)17;14-11-5-10(6-12(16)7-11)8-2-1-3-9(4-8)13(15)17/h2-8,14,17H,1H3;1-7,13,17H,(H2,16,18,19);2*1-7,16H,(H2,15,17). The van der Waals surface area contributed by atoms with Crippen molar-refractivity contribution >= 4 is 31.7 Å². The molecule has 0 bridgehead atoms. The number of carbonyl (C=O) groups excluding carboxylic acids is 2. The van der Waals surface area contributed by atoms with E-state index in [1.807, 2.05) is 0 Å². The first-order valence-corrected chi connectivity index (χ1v) is 24.9. The summed E-state index contributed by atoms with van der Waals surface area (Å²) in [6, 6.07) is 39.1. The molecule has 0 radical (unpaired) electrons. The Bertz CT molecular complexity index is 3480. The van der Waals surface area contributed by atoms with Crippen molar-refractivity contribution in [2.45, 2.75) is 23.0 Å². The van der Waals surface area contributed by atoms with E-state index >= 15 is 0 Å². The van der Waals surface area contributed by atoms with Crippen molar-refractivity contribution in [2.24, 2.45) is 16.6 Å². The van der Waals surface area contributed by atoms with Gasteiger partial charge in [0.1, 0.15) is 34.6 Å². The summed E-state index contributed by atoms with van der Waals surface area (Å²) in [6.07, 6.45) is 1.05.